The van der Waals surface area contributed by atoms with Crippen molar-refractivity contribution in [2.24, 2.45) is 5.73 Å². The van der Waals surface area contributed by atoms with Crippen LogP contribution in [0.3, 0.4) is 0 Å². The van der Waals surface area contributed by atoms with Crippen molar-refractivity contribution < 1.29 is 8.42 Å². The molecular weight excluding hydrogens is 152 g/mol. The number of rotatable bonds is 1. The predicted molar refractivity (Wildman–Crippen MR) is 39.0 cm³/mol. The molecule has 1 heterocycles. The average molecular weight is 164 g/mol. The summed E-state index contributed by atoms with van der Waals surface area (Å²) in [5, 5.41) is -0.336. The van der Waals surface area contributed by atoms with Gasteiger partial charge < -0.3 is 5.73 Å². The molecule has 60 valence electrons. The topological polar surface area (TPSA) is 63.4 Å². The molecule has 1 fully saturated rings. The van der Waals surface area contributed by atoms with Crippen molar-refractivity contribution >= 4 is 10.0 Å². The van der Waals surface area contributed by atoms with E-state index in [-0.39, 0.29) is 11.8 Å². The molecular formula is C5H12N2O2S. The van der Waals surface area contributed by atoms with E-state index in [0.717, 1.165) is 0 Å². The summed E-state index contributed by atoms with van der Waals surface area (Å²) in [5.41, 5.74) is 5.27. The SMILES string of the molecule is CN1CC[C@@H](CN)S1(=O)=O. The van der Waals surface area contributed by atoms with Gasteiger partial charge in [0.25, 0.3) is 0 Å². The number of hydrogen-bond donors (Lipinski definition) is 1. The zero-order valence-electron chi connectivity index (χ0n) is 5.95. The molecule has 0 aromatic carbocycles. The Kier molecular flexibility index (Phi) is 1.98. The van der Waals surface area contributed by atoms with Crippen LogP contribution >= 0.6 is 0 Å². The maximum absolute atomic E-state index is 11.2. The molecule has 0 amide bonds. The van der Waals surface area contributed by atoms with Gasteiger partial charge in [-0.05, 0) is 6.42 Å². The summed E-state index contributed by atoms with van der Waals surface area (Å²) < 4.78 is 23.7. The molecule has 0 spiro atoms. The van der Waals surface area contributed by atoms with E-state index in [4.69, 9.17) is 5.73 Å². The van der Waals surface area contributed by atoms with Crippen LogP contribution < -0.4 is 5.73 Å². The third-order valence-electron chi connectivity index (χ3n) is 1.88. The van der Waals surface area contributed by atoms with Gasteiger partial charge in [-0.15, -0.1) is 0 Å². The van der Waals surface area contributed by atoms with Crippen LogP contribution in [0, 0.1) is 0 Å². The third kappa shape index (κ3) is 1.04. The van der Waals surface area contributed by atoms with Crippen LogP contribution in [0.2, 0.25) is 0 Å². The van der Waals surface area contributed by atoms with Crippen LogP contribution in [0.15, 0.2) is 0 Å². The van der Waals surface area contributed by atoms with E-state index in [2.05, 4.69) is 0 Å². The van der Waals surface area contributed by atoms with Gasteiger partial charge in [-0.2, -0.15) is 0 Å². The molecule has 4 nitrogen and oxygen atoms in total. The largest absolute Gasteiger partial charge is 0.329 e. The van der Waals surface area contributed by atoms with E-state index in [1.165, 1.54) is 4.31 Å². The van der Waals surface area contributed by atoms with Gasteiger partial charge in [0.2, 0.25) is 10.0 Å². The molecule has 0 unspecified atom stereocenters. The predicted octanol–water partition coefficient (Wildman–Crippen LogP) is -1.02. The van der Waals surface area contributed by atoms with Crippen LogP contribution in [0.1, 0.15) is 6.42 Å². The lowest BCUT2D eigenvalue weighted by Gasteiger charge is -2.08. The molecule has 1 aliphatic heterocycles. The number of nitrogens with zero attached hydrogens (tertiary/aromatic N) is 1. The van der Waals surface area contributed by atoms with E-state index in [1.807, 2.05) is 0 Å². The molecule has 0 saturated carbocycles. The Labute approximate surface area is 61.1 Å². The molecule has 1 atom stereocenters. The van der Waals surface area contributed by atoms with Crippen LogP contribution in [0.25, 0.3) is 0 Å². The first kappa shape index (κ1) is 7.97. The quantitative estimate of drug-likeness (QED) is 0.539. The fourth-order valence-corrected chi connectivity index (χ4v) is 2.61. The summed E-state index contributed by atoms with van der Waals surface area (Å²) in [6, 6.07) is 0. The Morgan fingerprint density at radius 3 is 2.50 bits per heavy atom. The Morgan fingerprint density at radius 1 is 1.70 bits per heavy atom. The second-order valence-corrected chi connectivity index (χ2v) is 4.83. The van der Waals surface area contributed by atoms with E-state index in [9.17, 15) is 8.42 Å². The van der Waals surface area contributed by atoms with Crippen molar-refractivity contribution in [3.8, 4) is 0 Å². The van der Waals surface area contributed by atoms with Crippen molar-refractivity contribution in [1.29, 1.82) is 0 Å². The van der Waals surface area contributed by atoms with Gasteiger partial charge in [-0.3, -0.25) is 0 Å². The Morgan fingerprint density at radius 2 is 2.30 bits per heavy atom. The number of hydrogen-bond acceptors (Lipinski definition) is 3. The lowest BCUT2D eigenvalue weighted by atomic mass is 10.3. The summed E-state index contributed by atoms with van der Waals surface area (Å²) in [6.07, 6.45) is 0.676. The smallest absolute Gasteiger partial charge is 0.218 e. The first-order valence-corrected chi connectivity index (χ1v) is 4.74. The zero-order chi connectivity index (χ0) is 7.78. The molecule has 1 aliphatic rings. The number of sulfonamides is 1. The molecule has 1 rings (SSSR count). The van der Waals surface area contributed by atoms with Gasteiger partial charge in [0.1, 0.15) is 0 Å². The second-order valence-electron chi connectivity index (χ2n) is 2.51. The third-order valence-corrected chi connectivity index (χ3v) is 4.21. The van der Waals surface area contributed by atoms with Gasteiger partial charge in [-0.25, -0.2) is 12.7 Å². The standard InChI is InChI=1S/C5H12N2O2S/c1-7-3-2-5(4-6)10(7,8)9/h5H,2-4,6H2,1H3/t5-/m0/s1. The fraction of sp³-hybridized carbons (Fsp3) is 1.00. The summed E-state index contributed by atoms with van der Waals surface area (Å²) in [6.45, 7) is 0.858. The minimum absolute atomic E-state index is 0.243. The van der Waals surface area contributed by atoms with Crippen molar-refractivity contribution in [3.63, 3.8) is 0 Å². The molecule has 0 bridgehead atoms. The van der Waals surface area contributed by atoms with Crippen molar-refractivity contribution in [1.82, 2.24) is 4.31 Å². The Hall–Kier alpha value is -0.130. The van der Waals surface area contributed by atoms with Crippen LogP contribution in [-0.4, -0.2) is 38.1 Å². The summed E-state index contributed by atoms with van der Waals surface area (Å²) >= 11 is 0. The molecule has 5 heteroatoms. The average Bonchev–Trinajstić information content (AvgIpc) is 2.10. The number of nitrogens with two attached hydrogens (primary N) is 1. The van der Waals surface area contributed by atoms with Gasteiger partial charge in [0.05, 0.1) is 5.25 Å². The molecule has 1 saturated heterocycles. The fourth-order valence-electron chi connectivity index (χ4n) is 1.10. The van der Waals surface area contributed by atoms with Gasteiger partial charge in [0.15, 0.2) is 0 Å². The molecule has 10 heavy (non-hydrogen) atoms. The molecule has 0 aromatic heterocycles. The van der Waals surface area contributed by atoms with Crippen LogP contribution in [0.4, 0.5) is 0 Å². The van der Waals surface area contributed by atoms with Crippen molar-refractivity contribution in [2.75, 3.05) is 20.1 Å². The van der Waals surface area contributed by atoms with E-state index >= 15 is 0 Å². The first-order valence-electron chi connectivity index (χ1n) is 3.24. The second kappa shape index (κ2) is 2.48. The highest BCUT2D eigenvalue weighted by Crippen LogP contribution is 2.17. The van der Waals surface area contributed by atoms with Crippen molar-refractivity contribution in [3.05, 3.63) is 0 Å². The van der Waals surface area contributed by atoms with Gasteiger partial charge >= 0.3 is 0 Å². The van der Waals surface area contributed by atoms with Crippen LogP contribution in [0.5, 0.6) is 0 Å². The lowest BCUT2D eigenvalue weighted by molar-refractivity contribution is 0.507. The molecule has 0 aliphatic carbocycles. The minimum atomic E-state index is -3.01. The maximum Gasteiger partial charge on any atom is 0.218 e. The monoisotopic (exact) mass is 164 g/mol. The summed E-state index contributed by atoms with van der Waals surface area (Å²) in [4.78, 5) is 0. The van der Waals surface area contributed by atoms with Gasteiger partial charge in [-0.1, -0.05) is 0 Å². The molecule has 2 N–H and O–H groups in total. The highest BCUT2D eigenvalue weighted by Gasteiger charge is 2.34. The van der Waals surface area contributed by atoms with Crippen LogP contribution in [-0.2, 0) is 10.0 Å². The summed E-state index contributed by atoms with van der Waals surface area (Å²) in [7, 11) is -1.42. The minimum Gasteiger partial charge on any atom is -0.329 e. The highest BCUT2D eigenvalue weighted by molar-refractivity contribution is 7.90. The first-order chi connectivity index (χ1) is 4.59. The molecule has 0 aromatic rings. The zero-order valence-corrected chi connectivity index (χ0v) is 6.76. The highest BCUT2D eigenvalue weighted by atomic mass is 32.2. The van der Waals surface area contributed by atoms with E-state index < -0.39 is 10.0 Å². The lowest BCUT2D eigenvalue weighted by Crippen LogP contribution is -2.30. The van der Waals surface area contributed by atoms with Gasteiger partial charge in [0, 0.05) is 20.1 Å². The Bertz CT molecular complexity index is 212. The maximum atomic E-state index is 11.2. The normalized spacial score (nSPS) is 32.8. The van der Waals surface area contributed by atoms with E-state index in [1.54, 1.807) is 7.05 Å². The van der Waals surface area contributed by atoms with E-state index in [0.29, 0.717) is 13.0 Å². The Balaban J connectivity index is 2.85. The summed E-state index contributed by atoms with van der Waals surface area (Å²) in [5.74, 6) is 0. The van der Waals surface area contributed by atoms with Crippen molar-refractivity contribution in [2.45, 2.75) is 11.7 Å². The molecule has 0 radical (unpaired) electrons.